The normalized spacial score (nSPS) is 34.3. The zero-order valence-electron chi connectivity index (χ0n) is 12.1. The molecule has 0 bridgehead atoms. The predicted molar refractivity (Wildman–Crippen MR) is 72.9 cm³/mol. The summed E-state index contributed by atoms with van der Waals surface area (Å²) in [5.41, 5.74) is 0.813. The Balaban J connectivity index is 1.74. The van der Waals surface area contributed by atoms with Crippen molar-refractivity contribution in [2.24, 2.45) is 5.92 Å². The Morgan fingerprint density at radius 2 is 2.14 bits per heavy atom. The van der Waals surface area contributed by atoms with Crippen LogP contribution >= 0.6 is 0 Å². The molecule has 0 aromatic carbocycles. The molecule has 1 fully saturated rings. The zero-order valence-corrected chi connectivity index (χ0v) is 12.1. The molecule has 3 rings (SSSR count). The van der Waals surface area contributed by atoms with Gasteiger partial charge < -0.3 is 19.5 Å². The predicted octanol–water partition coefficient (Wildman–Crippen LogP) is 0.332. The zero-order chi connectivity index (χ0) is 15.9. The first kappa shape index (κ1) is 14.4. The number of fused-ring (bicyclic) bond motifs is 1. The van der Waals surface area contributed by atoms with Crippen molar-refractivity contribution in [1.29, 1.82) is 0 Å². The minimum absolute atomic E-state index is 0.227. The van der Waals surface area contributed by atoms with E-state index < -0.39 is 24.3 Å². The summed E-state index contributed by atoms with van der Waals surface area (Å²) in [6.07, 6.45) is 4.98. The number of carbonyl (C=O) groups is 3. The fourth-order valence-corrected chi connectivity index (χ4v) is 2.72. The van der Waals surface area contributed by atoms with Crippen LogP contribution in [0.1, 0.15) is 13.8 Å². The van der Waals surface area contributed by atoms with Crippen molar-refractivity contribution in [1.82, 2.24) is 5.32 Å². The SMILES string of the molecule is CC(=O)O[C@@H]1C=C[C@H]2NC(=O)/C(=C/O[C@@H]3C=C(C)C(=O)O3)[C@H]21. The molecular formula is C15H15NO6. The second-order valence-corrected chi connectivity index (χ2v) is 5.32. The molecule has 1 amide bonds. The highest BCUT2D eigenvalue weighted by Gasteiger charge is 2.45. The molecule has 1 saturated heterocycles. The van der Waals surface area contributed by atoms with E-state index in [1.54, 1.807) is 19.1 Å². The lowest BCUT2D eigenvalue weighted by Gasteiger charge is -2.18. The smallest absolute Gasteiger partial charge is 0.336 e. The van der Waals surface area contributed by atoms with Gasteiger partial charge in [-0.1, -0.05) is 6.08 Å². The third-order valence-corrected chi connectivity index (χ3v) is 3.73. The van der Waals surface area contributed by atoms with E-state index in [2.05, 4.69) is 5.32 Å². The first-order chi connectivity index (χ1) is 10.5. The van der Waals surface area contributed by atoms with Crippen molar-refractivity contribution >= 4 is 17.8 Å². The molecule has 4 atom stereocenters. The van der Waals surface area contributed by atoms with Crippen LogP contribution in [0.5, 0.6) is 0 Å². The lowest BCUT2D eigenvalue weighted by atomic mass is 9.96. The average Bonchev–Trinajstić information content (AvgIpc) is 3.04. The van der Waals surface area contributed by atoms with E-state index in [1.165, 1.54) is 19.3 Å². The Morgan fingerprint density at radius 3 is 2.77 bits per heavy atom. The third-order valence-electron chi connectivity index (χ3n) is 3.73. The molecule has 7 nitrogen and oxygen atoms in total. The van der Waals surface area contributed by atoms with Gasteiger partial charge in [0.2, 0.25) is 0 Å². The molecule has 7 heteroatoms. The van der Waals surface area contributed by atoms with Crippen LogP contribution in [-0.2, 0) is 28.6 Å². The van der Waals surface area contributed by atoms with Gasteiger partial charge in [0.05, 0.1) is 23.8 Å². The molecule has 1 N–H and O–H groups in total. The Kier molecular flexibility index (Phi) is 3.48. The maximum absolute atomic E-state index is 12.0. The van der Waals surface area contributed by atoms with Crippen molar-refractivity contribution in [2.75, 3.05) is 0 Å². The van der Waals surface area contributed by atoms with Gasteiger partial charge in [0.25, 0.3) is 12.2 Å². The van der Waals surface area contributed by atoms with E-state index in [9.17, 15) is 14.4 Å². The highest BCUT2D eigenvalue weighted by atomic mass is 16.7. The number of esters is 2. The fourth-order valence-electron chi connectivity index (χ4n) is 2.72. The average molecular weight is 305 g/mol. The summed E-state index contributed by atoms with van der Waals surface area (Å²) in [6, 6.07) is -0.227. The standard InChI is InChI=1S/C15H15NO6/c1-7-5-12(22-15(7)19)20-6-9-13-10(16-14(9)18)3-4-11(13)21-8(2)17/h3-6,10-13H,1-2H3,(H,16,18)/b9-6+/t10-,11-,12+,13-/m1/s1. The van der Waals surface area contributed by atoms with E-state index >= 15 is 0 Å². The molecule has 0 aromatic heterocycles. The van der Waals surface area contributed by atoms with Gasteiger partial charge in [-0.25, -0.2) is 4.79 Å². The third kappa shape index (κ3) is 2.49. The first-order valence-electron chi connectivity index (χ1n) is 6.87. The van der Waals surface area contributed by atoms with Gasteiger partial charge >= 0.3 is 11.9 Å². The van der Waals surface area contributed by atoms with E-state index in [4.69, 9.17) is 14.2 Å². The molecule has 2 aliphatic heterocycles. The Morgan fingerprint density at radius 1 is 1.36 bits per heavy atom. The van der Waals surface area contributed by atoms with Crippen LogP contribution in [0.3, 0.4) is 0 Å². The van der Waals surface area contributed by atoms with Crippen LogP contribution in [-0.4, -0.2) is 36.3 Å². The maximum atomic E-state index is 12.0. The van der Waals surface area contributed by atoms with Crippen LogP contribution in [0.2, 0.25) is 0 Å². The number of cyclic esters (lactones) is 1. The summed E-state index contributed by atoms with van der Waals surface area (Å²) >= 11 is 0. The molecule has 22 heavy (non-hydrogen) atoms. The Labute approximate surface area is 126 Å². The molecule has 0 aromatic rings. The van der Waals surface area contributed by atoms with Crippen LogP contribution in [0.4, 0.5) is 0 Å². The topological polar surface area (TPSA) is 90.9 Å². The lowest BCUT2D eigenvalue weighted by molar-refractivity contribution is -0.152. The first-order valence-corrected chi connectivity index (χ1v) is 6.87. The van der Waals surface area contributed by atoms with E-state index in [0.717, 1.165) is 0 Å². The van der Waals surface area contributed by atoms with Crippen molar-refractivity contribution in [3.05, 3.63) is 35.6 Å². The van der Waals surface area contributed by atoms with Crippen molar-refractivity contribution in [3.63, 3.8) is 0 Å². The summed E-state index contributed by atoms with van der Waals surface area (Å²) in [5.74, 6) is -1.49. The summed E-state index contributed by atoms with van der Waals surface area (Å²) in [4.78, 5) is 34.4. The molecule has 116 valence electrons. The molecule has 0 saturated carbocycles. The second kappa shape index (κ2) is 5.32. The molecule has 0 radical (unpaired) electrons. The fraction of sp³-hybridized carbons (Fsp3) is 0.400. The quantitative estimate of drug-likeness (QED) is 0.350. The second-order valence-electron chi connectivity index (χ2n) is 5.32. The highest BCUT2D eigenvalue weighted by Crippen LogP contribution is 2.34. The Bertz CT molecular complexity index is 632. The molecule has 2 heterocycles. The molecule has 3 aliphatic rings. The van der Waals surface area contributed by atoms with Gasteiger partial charge in [0.15, 0.2) is 0 Å². The van der Waals surface area contributed by atoms with Crippen molar-refractivity contribution in [2.45, 2.75) is 32.3 Å². The number of ether oxygens (including phenoxy) is 3. The minimum atomic E-state index is -0.839. The lowest BCUT2D eigenvalue weighted by Crippen LogP contribution is -2.29. The number of rotatable bonds is 3. The number of amides is 1. The summed E-state index contributed by atoms with van der Waals surface area (Å²) in [5, 5.41) is 2.77. The van der Waals surface area contributed by atoms with E-state index in [1.807, 2.05) is 0 Å². The summed E-state index contributed by atoms with van der Waals surface area (Å²) in [7, 11) is 0. The summed E-state index contributed by atoms with van der Waals surface area (Å²) < 4.78 is 15.5. The Hall–Kier alpha value is -2.57. The monoisotopic (exact) mass is 305 g/mol. The van der Waals surface area contributed by atoms with Crippen LogP contribution < -0.4 is 5.32 Å². The van der Waals surface area contributed by atoms with Crippen molar-refractivity contribution < 1.29 is 28.6 Å². The summed E-state index contributed by atoms with van der Waals surface area (Å²) in [6.45, 7) is 2.94. The molecule has 0 unspecified atom stereocenters. The number of nitrogens with one attached hydrogen (secondary N) is 1. The number of carbonyl (C=O) groups excluding carboxylic acids is 3. The van der Waals surface area contributed by atoms with Gasteiger partial charge in [-0.15, -0.1) is 0 Å². The van der Waals surface area contributed by atoms with Gasteiger partial charge in [-0.2, -0.15) is 0 Å². The van der Waals surface area contributed by atoms with Crippen molar-refractivity contribution in [3.8, 4) is 0 Å². The largest absolute Gasteiger partial charge is 0.458 e. The number of hydrogen-bond acceptors (Lipinski definition) is 6. The molecule has 0 spiro atoms. The van der Waals surface area contributed by atoms with Gasteiger partial charge in [-0.05, 0) is 13.0 Å². The van der Waals surface area contributed by atoms with Crippen LogP contribution in [0.25, 0.3) is 0 Å². The van der Waals surface area contributed by atoms with Crippen LogP contribution in [0.15, 0.2) is 35.6 Å². The highest BCUT2D eigenvalue weighted by molar-refractivity contribution is 5.97. The minimum Gasteiger partial charge on any atom is -0.458 e. The molecule has 1 aliphatic carbocycles. The van der Waals surface area contributed by atoms with Crippen LogP contribution in [0, 0.1) is 5.92 Å². The van der Waals surface area contributed by atoms with Gasteiger partial charge in [0.1, 0.15) is 6.10 Å². The molecular weight excluding hydrogens is 290 g/mol. The van der Waals surface area contributed by atoms with Gasteiger partial charge in [0, 0.05) is 18.6 Å². The number of hydrogen-bond donors (Lipinski definition) is 1. The maximum Gasteiger partial charge on any atom is 0.336 e. The van der Waals surface area contributed by atoms with Gasteiger partial charge in [-0.3, -0.25) is 9.59 Å². The van der Waals surface area contributed by atoms with E-state index in [0.29, 0.717) is 11.1 Å². The van der Waals surface area contributed by atoms with E-state index in [-0.39, 0.29) is 17.9 Å².